The summed E-state index contributed by atoms with van der Waals surface area (Å²) in [6.45, 7) is 9.94. The summed E-state index contributed by atoms with van der Waals surface area (Å²) in [4.78, 5) is 5.09. The predicted molar refractivity (Wildman–Crippen MR) is 79.4 cm³/mol. The molecule has 0 aliphatic carbocycles. The Kier molecular flexibility index (Phi) is 5.83. The van der Waals surface area contributed by atoms with E-state index in [0.29, 0.717) is 0 Å². The molecule has 1 saturated heterocycles. The molecule has 106 valence electrons. The van der Waals surface area contributed by atoms with Crippen molar-refractivity contribution in [2.45, 2.75) is 19.9 Å². The van der Waals surface area contributed by atoms with E-state index in [-0.39, 0.29) is 0 Å². The number of rotatable bonds is 5. The summed E-state index contributed by atoms with van der Waals surface area (Å²) in [5, 5.41) is 0. The average molecular weight is 262 g/mol. The molecule has 1 aliphatic heterocycles. The number of nitrogens with zero attached hydrogens (tertiary/aromatic N) is 2. The van der Waals surface area contributed by atoms with Crippen molar-refractivity contribution in [2.75, 3.05) is 46.4 Å². The summed E-state index contributed by atoms with van der Waals surface area (Å²) in [6, 6.07) is 8.72. The smallest absolute Gasteiger partial charge is 0.0589 e. The molecule has 1 heterocycles. The quantitative estimate of drug-likeness (QED) is 0.808. The van der Waals surface area contributed by atoms with Crippen molar-refractivity contribution in [1.82, 2.24) is 9.80 Å². The van der Waals surface area contributed by atoms with Crippen molar-refractivity contribution in [3.05, 3.63) is 35.4 Å². The van der Waals surface area contributed by atoms with Crippen LogP contribution < -0.4 is 0 Å². The van der Waals surface area contributed by atoms with Gasteiger partial charge in [-0.2, -0.15) is 0 Å². The summed E-state index contributed by atoms with van der Waals surface area (Å²) in [7, 11) is 1.78. The average Bonchev–Trinajstić information content (AvgIpc) is 2.64. The monoisotopic (exact) mass is 262 g/mol. The molecule has 0 N–H and O–H groups in total. The topological polar surface area (TPSA) is 15.7 Å². The van der Waals surface area contributed by atoms with Crippen molar-refractivity contribution < 1.29 is 4.74 Å². The molecule has 0 atom stereocenters. The molecule has 0 spiro atoms. The summed E-state index contributed by atoms with van der Waals surface area (Å²) in [5.41, 5.74) is 2.87. The van der Waals surface area contributed by atoms with Gasteiger partial charge in [-0.3, -0.25) is 9.80 Å². The van der Waals surface area contributed by atoms with E-state index in [2.05, 4.69) is 41.0 Å². The van der Waals surface area contributed by atoms with Crippen molar-refractivity contribution in [1.29, 1.82) is 0 Å². The number of benzene rings is 1. The van der Waals surface area contributed by atoms with Gasteiger partial charge < -0.3 is 4.74 Å². The molecule has 1 fully saturated rings. The van der Waals surface area contributed by atoms with E-state index in [1.807, 2.05) is 0 Å². The molecule has 1 aromatic rings. The van der Waals surface area contributed by atoms with Crippen molar-refractivity contribution in [3.8, 4) is 0 Å². The Balaban J connectivity index is 1.84. The number of hydrogen-bond donors (Lipinski definition) is 0. The van der Waals surface area contributed by atoms with E-state index in [0.717, 1.165) is 32.8 Å². The van der Waals surface area contributed by atoms with E-state index < -0.39 is 0 Å². The van der Waals surface area contributed by atoms with Crippen molar-refractivity contribution in [2.24, 2.45) is 0 Å². The van der Waals surface area contributed by atoms with Gasteiger partial charge in [-0.25, -0.2) is 0 Å². The molecule has 3 nitrogen and oxygen atoms in total. The van der Waals surface area contributed by atoms with Gasteiger partial charge in [0.05, 0.1) is 6.61 Å². The van der Waals surface area contributed by atoms with Crippen LogP contribution in [0, 0.1) is 6.92 Å². The first kappa shape index (κ1) is 14.5. The fourth-order valence-corrected chi connectivity index (χ4v) is 2.65. The SMILES string of the molecule is COCCN1CCCN(Cc2ccccc2C)CC1. The van der Waals surface area contributed by atoms with E-state index in [4.69, 9.17) is 4.74 Å². The first-order chi connectivity index (χ1) is 9.29. The lowest BCUT2D eigenvalue weighted by atomic mass is 10.1. The number of aryl methyl sites for hydroxylation is 1. The van der Waals surface area contributed by atoms with E-state index in [1.54, 1.807) is 7.11 Å². The molecule has 2 rings (SSSR count). The van der Waals surface area contributed by atoms with Gasteiger partial charge in [0.1, 0.15) is 0 Å². The van der Waals surface area contributed by atoms with Gasteiger partial charge >= 0.3 is 0 Å². The Morgan fingerprint density at radius 3 is 2.58 bits per heavy atom. The molecular formula is C16H26N2O. The van der Waals surface area contributed by atoms with Crippen molar-refractivity contribution >= 4 is 0 Å². The molecule has 3 heteroatoms. The lowest BCUT2D eigenvalue weighted by Gasteiger charge is -2.22. The molecular weight excluding hydrogens is 236 g/mol. The summed E-state index contributed by atoms with van der Waals surface area (Å²) in [5.74, 6) is 0. The maximum Gasteiger partial charge on any atom is 0.0589 e. The van der Waals surface area contributed by atoms with Gasteiger partial charge in [0.25, 0.3) is 0 Å². The van der Waals surface area contributed by atoms with Crippen LogP contribution in [-0.2, 0) is 11.3 Å². The maximum absolute atomic E-state index is 5.17. The predicted octanol–water partition coefficient (Wildman–Crippen LogP) is 2.15. The van der Waals surface area contributed by atoms with Crippen LogP contribution in [0.2, 0.25) is 0 Å². The van der Waals surface area contributed by atoms with Crippen LogP contribution in [0.4, 0.5) is 0 Å². The van der Waals surface area contributed by atoms with E-state index in [1.165, 1.54) is 30.6 Å². The fraction of sp³-hybridized carbons (Fsp3) is 0.625. The first-order valence-corrected chi connectivity index (χ1v) is 7.28. The highest BCUT2D eigenvalue weighted by atomic mass is 16.5. The van der Waals surface area contributed by atoms with E-state index in [9.17, 15) is 0 Å². The van der Waals surface area contributed by atoms with Crippen LogP contribution in [0.15, 0.2) is 24.3 Å². The Bertz CT molecular complexity index is 381. The maximum atomic E-state index is 5.17. The van der Waals surface area contributed by atoms with Crippen LogP contribution in [0.1, 0.15) is 17.5 Å². The highest BCUT2D eigenvalue weighted by Gasteiger charge is 2.15. The summed E-state index contributed by atoms with van der Waals surface area (Å²) < 4.78 is 5.17. The molecule has 0 amide bonds. The number of ether oxygens (including phenoxy) is 1. The van der Waals surface area contributed by atoms with Crippen LogP contribution in [0.25, 0.3) is 0 Å². The third-order valence-corrected chi connectivity index (χ3v) is 3.95. The summed E-state index contributed by atoms with van der Waals surface area (Å²) in [6.07, 6.45) is 1.26. The van der Waals surface area contributed by atoms with Gasteiger partial charge in [-0.1, -0.05) is 24.3 Å². The zero-order chi connectivity index (χ0) is 13.5. The molecule has 19 heavy (non-hydrogen) atoms. The van der Waals surface area contributed by atoms with Gasteiger partial charge in [0.15, 0.2) is 0 Å². The first-order valence-electron chi connectivity index (χ1n) is 7.28. The Labute approximate surface area is 117 Å². The molecule has 0 unspecified atom stereocenters. The normalized spacial score (nSPS) is 18.4. The minimum atomic E-state index is 0.845. The molecule has 0 bridgehead atoms. The highest BCUT2D eigenvalue weighted by molar-refractivity contribution is 5.25. The van der Waals surface area contributed by atoms with Crippen LogP contribution in [0.3, 0.4) is 0 Å². The molecule has 0 radical (unpaired) electrons. The second kappa shape index (κ2) is 7.63. The second-order valence-corrected chi connectivity index (χ2v) is 5.39. The molecule has 0 saturated carbocycles. The van der Waals surface area contributed by atoms with Gasteiger partial charge in [-0.15, -0.1) is 0 Å². The minimum absolute atomic E-state index is 0.845. The van der Waals surface area contributed by atoms with E-state index >= 15 is 0 Å². The zero-order valence-electron chi connectivity index (χ0n) is 12.3. The molecule has 0 aromatic heterocycles. The lowest BCUT2D eigenvalue weighted by molar-refractivity contribution is 0.149. The standard InChI is InChI=1S/C16H26N2O/c1-15-6-3-4-7-16(15)14-18-9-5-8-17(10-11-18)12-13-19-2/h3-4,6-7H,5,8-14H2,1-2H3. The summed E-state index contributed by atoms with van der Waals surface area (Å²) >= 11 is 0. The van der Waals surface area contributed by atoms with Gasteiger partial charge in [-0.05, 0) is 37.6 Å². The Morgan fingerprint density at radius 2 is 1.79 bits per heavy atom. The van der Waals surface area contributed by atoms with Gasteiger partial charge in [0, 0.05) is 33.3 Å². The molecule has 1 aliphatic rings. The van der Waals surface area contributed by atoms with Crippen LogP contribution >= 0.6 is 0 Å². The Morgan fingerprint density at radius 1 is 1.05 bits per heavy atom. The van der Waals surface area contributed by atoms with Crippen LogP contribution in [-0.4, -0.2) is 56.2 Å². The fourth-order valence-electron chi connectivity index (χ4n) is 2.65. The van der Waals surface area contributed by atoms with Crippen LogP contribution in [0.5, 0.6) is 0 Å². The van der Waals surface area contributed by atoms with Gasteiger partial charge in [0.2, 0.25) is 0 Å². The highest BCUT2D eigenvalue weighted by Crippen LogP contribution is 2.12. The molecule has 1 aromatic carbocycles. The Hall–Kier alpha value is -0.900. The number of methoxy groups -OCH3 is 1. The third kappa shape index (κ3) is 4.60. The lowest BCUT2D eigenvalue weighted by Crippen LogP contribution is -2.32. The number of hydrogen-bond acceptors (Lipinski definition) is 3. The third-order valence-electron chi connectivity index (χ3n) is 3.95. The van der Waals surface area contributed by atoms with Crippen molar-refractivity contribution in [3.63, 3.8) is 0 Å². The minimum Gasteiger partial charge on any atom is -0.383 e. The second-order valence-electron chi connectivity index (χ2n) is 5.39. The zero-order valence-corrected chi connectivity index (χ0v) is 12.3. The largest absolute Gasteiger partial charge is 0.383 e.